The van der Waals surface area contributed by atoms with Crippen molar-refractivity contribution in [2.24, 2.45) is 5.73 Å². The van der Waals surface area contributed by atoms with Crippen molar-refractivity contribution in [1.29, 1.82) is 5.26 Å². The molecule has 0 saturated carbocycles. The number of carbonyl (C=O) groups excluding carboxylic acids is 1. The van der Waals surface area contributed by atoms with E-state index in [2.05, 4.69) is 11.1 Å². The van der Waals surface area contributed by atoms with Gasteiger partial charge in [-0.15, -0.1) is 11.6 Å². The van der Waals surface area contributed by atoms with Crippen LogP contribution in [-0.2, 0) is 11.2 Å². The number of aromatic nitrogens is 2. The maximum Gasteiger partial charge on any atom is 0.219 e. The highest BCUT2D eigenvalue weighted by Gasteiger charge is 2.18. The summed E-state index contributed by atoms with van der Waals surface area (Å²) in [6.07, 6.45) is 0.793. The average molecular weight is 291 g/mol. The summed E-state index contributed by atoms with van der Waals surface area (Å²) in [7, 11) is 0. The van der Waals surface area contributed by atoms with Gasteiger partial charge >= 0.3 is 0 Å². The monoisotopic (exact) mass is 290 g/mol. The zero-order valence-electron chi connectivity index (χ0n) is 11.1. The molecule has 1 unspecified atom stereocenters. The second-order valence-corrected chi connectivity index (χ2v) is 5.02. The maximum atomic E-state index is 11.1. The molecule has 5 nitrogen and oxygen atoms in total. The number of imidazole rings is 1. The molecule has 0 aliphatic rings. The molecular weight excluding hydrogens is 276 g/mol. The second-order valence-electron chi connectivity index (χ2n) is 4.64. The molecule has 0 aliphatic carbocycles. The Balaban J connectivity index is 2.63. The summed E-state index contributed by atoms with van der Waals surface area (Å²) in [4.78, 5) is 15.6. The summed E-state index contributed by atoms with van der Waals surface area (Å²) in [5, 5.41) is 9.15. The van der Waals surface area contributed by atoms with E-state index in [1.807, 2.05) is 17.6 Å². The molecule has 1 heterocycles. The third-order valence-corrected chi connectivity index (χ3v) is 3.36. The minimum absolute atomic E-state index is 0.121. The van der Waals surface area contributed by atoms with Crippen molar-refractivity contribution in [2.45, 2.75) is 25.8 Å². The minimum Gasteiger partial charge on any atom is -0.370 e. The van der Waals surface area contributed by atoms with E-state index in [0.29, 0.717) is 23.4 Å². The number of fused-ring (bicyclic) bond motifs is 1. The number of nitriles is 1. The van der Waals surface area contributed by atoms with Crippen LogP contribution in [0.15, 0.2) is 18.2 Å². The molecule has 1 atom stereocenters. The van der Waals surface area contributed by atoms with Crippen LogP contribution in [0.1, 0.15) is 30.8 Å². The highest BCUT2D eigenvalue weighted by Crippen LogP contribution is 2.25. The van der Waals surface area contributed by atoms with Gasteiger partial charge in [0.2, 0.25) is 5.91 Å². The standard InChI is InChI=1S/C14H15ClN4O/c1-9(7-12(17)20)19-11-4-2-3-10(8-16)14(11)18-13(19)5-6-15/h2-4,9H,5-7H2,1H3,(H2,17,20). The summed E-state index contributed by atoms with van der Waals surface area (Å²) in [6.45, 7) is 1.91. The van der Waals surface area contributed by atoms with Crippen LogP contribution in [0.25, 0.3) is 11.0 Å². The van der Waals surface area contributed by atoms with Gasteiger partial charge in [-0.2, -0.15) is 5.26 Å². The third-order valence-electron chi connectivity index (χ3n) is 3.17. The van der Waals surface area contributed by atoms with Crippen LogP contribution in [0, 0.1) is 11.3 Å². The number of benzene rings is 1. The molecule has 2 aromatic rings. The molecule has 2 N–H and O–H groups in total. The van der Waals surface area contributed by atoms with Gasteiger partial charge < -0.3 is 10.3 Å². The molecule has 2 rings (SSSR count). The van der Waals surface area contributed by atoms with E-state index < -0.39 is 0 Å². The van der Waals surface area contributed by atoms with E-state index in [1.165, 1.54) is 0 Å². The largest absolute Gasteiger partial charge is 0.370 e. The molecule has 104 valence electrons. The van der Waals surface area contributed by atoms with Crippen LogP contribution in [0.4, 0.5) is 0 Å². The summed E-state index contributed by atoms with van der Waals surface area (Å²) >= 11 is 5.81. The first-order valence-corrected chi connectivity index (χ1v) is 6.86. The lowest BCUT2D eigenvalue weighted by Crippen LogP contribution is -2.19. The van der Waals surface area contributed by atoms with E-state index >= 15 is 0 Å². The lowest BCUT2D eigenvalue weighted by atomic mass is 10.1. The van der Waals surface area contributed by atoms with Crippen LogP contribution in [0.2, 0.25) is 0 Å². The quantitative estimate of drug-likeness (QED) is 0.856. The number of carbonyl (C=O) groups is 1. The Morgan fingerprint density at radius 1 is 1.60 bits per heavy atom. The number of primary amides is 1. The molecule has 0 saturated heterocycles. The average Bonchev–Trinajstić information content (AvgIpc) is 2.76. The predicted molar refractivity (Wildman–Crippen MR) is 77.4 cm³/mol. The van der Waals surface area contributed by atoms with Crippen molar-refractivity contribution in [3.8, 4) is 6.07 Å². The fraction of sp³-hybridized carbons (Fsp3) is 0.357. The molecule has 20 heavy (non-hydrogen) atoms. The van der Waals surface area contributed by atoms with Gasteiger partial charge in [-0.3, -0.25) is 4.79 Å². The fourth-order valence-electron chi connectivity index (χ4n) is 2.39. The topological polar surface area (TPSA) is 84.7 Å². The van der Waals surface area contributed by atoms with Crippen LogP contribution in [0.3, 0.4) is 0 Å². The normalized spacial score (nSPS) is 12.2. The second kappa shape index (κ2) is 5.93. The Bertz CT molecular complexity index is 686. The van der Waals surface area contributed by atoms with Crippen molar-refractivity contribution in [2.75, 3.05) is 5.88 Å². The Labute approximate surface area is 122 Å². The maximum absolute atomic E-state index is 11.1. The minimum atomic E-state index is -0.368. The van der Waals surface area contributed by atoms with Crippen molar-refractivity contribution in [3.63, 3.8) is 0 Å². The highest BCUT2D eigenvalue weighted by atomic mass is 35.5. The number of nitrogens with two attached hydrogens (primary N) is 1. The van der Waals surface area contributed by atoms with E-state index in [1.54, 1.807) is 12.1 Å². The third kappa shape index (κ3) is 2.61. The lowest BCUT2D eigenvalue weighted by molar-refractivity contribution is -0.118. The summed E-state index contributed by atoms with van der Waals surface area (Å²) < 4.78 is 1.95. The SMILES string of the molecule is CC(CC(N)=O)n1c(CCCl)nc2c(C#N)cccc21. The Morgan fingerprint density at radius 2 is 2.35 bits per heavy atom. The van der Waals surface area contributed by atoms with Crippen LogP contribution >= 0.6 is 11.6 Å². The zero-order chi connectivity index (χ0) is 14.7. The van der Waals surface area contributed by atoms with Gasteiger partial charge in [-0.1, -0.05) is 6.07 Å². The molecule has 1 aromatic carbocycles. The summed E-state index contributed by atoms with van der Waals surface area (Å²) in [5.74, 6) is 0.827. The molecule has 0 bridgehead atoms. The molecule has 6 heteroatoms. The van der Waals surface area contributed by atoms with E-state index in [4.69, 9.17) is 22.6 Å². The molecule has 1 amide bonds. The zero-order valence-corrected chi connectivity index (χ0v) is 11.9. The van der Waals surface area contributed by atoms with Gasteiger partial charge in [0.1, 0.15) is 17.4 Å². The number of nitrogens with zero attached hydrogens (tertiary/aromatic N) is 3. The van der Waals surface area contributed by atoms with Crippen molar-refractivity contribution in [3.05, 3.63) is 29.6 Å². The number of alkyl halides is 1. The van der Waals surface area contributed by atoms with Crippen LogP contribution in [-0.4, -0.2) is 21.3 Å². The van der Waals surface area contributed by atoms with Gasteiger partial charge in [-0.05, 0) is 19.1 Å². The molecule has 1 aromatic heterocycles. The number of halogens is 1. The number of para-hydroxylation sites is 1. The Morgan fingerprint density at radius 3 is 2.95 bits per heavy atom. The Hall–Kier alpha value is -2.06. The van der Waals surface area contributed by atoms with Gasteiger partial charge in [0.25, 0.3) is 0 Å². The smallest absolute Gasteiger partial charge is 0.219 e. The van der Waals surface area contributed by atoms with Gasteiger partial charge in [0, 0.05) is 24.8 Å². The number of aryl methyl sites for hydroxylation is 1. The number of rotatable bonds is 5. The Kier molecular flexibility index (Phi) is 4.26. The highest BCUT2D eigenvalue weighted by molar-refractivity contribution is 6.17. The molecular formula is C14H15ClN4O. The molecule has 0 fully saturated rings. The summed E-state index contributed by atoms with van der Waals surface area (Å²) in [5.41, 5.74) is 7.27. The first-order valence-electron chi connectivity index (χ1n) is 6.32. The van der Waals surface area contributed by atoms with E-state index in [-0.39, 0.29) is 18.4 Å². The fourth-order valence-corrected chi connectivity index (χ4v) is 2.56. The number of hydrogen-bond acceptors (Lipinski definition) is 3. The van der Waals surface area contributed by atoms with Gasteiger partial charge in [0.05, 0.1) is 11.1 Å². The van der Waals surface area contributed by atoms with Crippen molar-refractivity contribution < 1.29 is 4.79 Å². The molecule has 0 radical (unpaired) electrons. The lowest BCUT2D eigenvalue weighted by Gasteiger charge is -2.15. The van der Waals surface area contributed by atoms with E-state index in [0.717, 1.165) is 11.3 Å². The first-order chi connectivity index (χ1) is 9.58. The number of amides is 1. The predicted octanol–water partition coefficient (Wildman–Crippen LogP) is 2.13. The van der Waals surface area contributed by atoms with Gasteiger partial charge in [0.15, 0.2) is 0 Å². The van der Waals surface area contributed by atoms with E-state index in [9.17, 15) is 4.79 Å². The van der Waals surface area contributed by atoms with Crippen molar-refractivity contribution >= 4 is 28.5 Å². The summed E-state index contributed by atoms with van der Waals surface area (Å²) in [6, 6.07) is 7.43. The molecule has 0 aliphatic heterocycles. The number of hydrogen-bond donors (Lipinski definition) is 1. The van der Waals surface area contributed by atoms with Gasteiger partial charge in [-0.25, -0.2) is 4.98 Å². The first kappa shape index (κ1) is 14.4. The molecule has 0 spiro atoms. The van der Waals surface area contributed by atoms with Crippen molar-refractivity contribution in [1.82, 2.24) is 9.55 Å². The van der Waals surface area contributed by atoms with Crippen LogP contribution in [0.5, 0.6) is 0 Å². The van der Waals surface area contributed by atoms with Crippen LogP contribution < -0.4 is 5.73 Å².